The lowest BCUT2D eigenvalue weighted by molar-refractivity contribution is 0.355. The third-order valence-corrected chi connectivity index (χ3v) is 3.52. The largest absolute Gasteiger partial charge is 0.493 e. The second kappa shape index (κ2) is 6.44. The molecular formula is C17H21NO2. The Balaban J connectivity index is 2.63. The molecule has 0 aromatic heterocycles. The molecule has 0 aliphatic heterocycles. The van der Waals surface area contributed by atoms with E-state index in [2.05, 4.69) is 30.4 Å². The molecule has 0 spiro atoms. The summed E-state index contributed by atoms with van der Waals surface area (Å²) < 4.78 is 11.0. The van der Waals surface area contributed by atoms with Crippen molar-refractivity contribution in [3.63, 3.8) is 0 Å². The molecule has 0 radical (unpaired) electrons. The van der Waals surface area contributed by atoms with Crippen LogP contribution in [0.25, 0.3) is 11.1 Å². The Morgan fingerprint density at radius 3 is 2.25 bits per heavy atom. The number of ether oxygens (including phenoxy) is 2. The highest BCUT2D eigenvalue weighted by Crippen LogP contribution is 2.40. The zero-order valence-electron chi connectivity index (χ0n) is 12.4. The fourth-order valence-electron chi connectivity index (χ4n) is 2.23. The number of rotatable bonds is 5. The van der Waals surface area contributed by atoms with Gasteiger partial charge in [-0.1, -0.05) is 30.3 Å². The number of benzene rings is 2. The normalized spacial score (nSPS) is 12.0. The van der Waals surface area contributed by atoms with Crippen molar-refractivity contribution in [2.45, 2.75) is 13.0 Å². The van der Waals surface area contributed by atoms with Crippen LogP contribution in [0.15, 0.2) is 42.5 Å². The molecule has 0 fully saturated rings. The summed E-state index contributed by atoms with van der Waals surface area (Å²) in [6.45, 7) is 2.12. The molecule has 2 rings (SSSR count). The van der Waals surface area contributed by atoms with E-state index < -0.39 is 0 Å². The van der Waals surface area contributed by atoms with E-state index in [4.69, 9.17) is 9.47 Å². The monoisotopic (exact) mass is 271 g/mol. The van der Waals surface area contributed by atoms with Crippen molar-refractivity contribution in [2.24, 2.45) is 0 Å². The quantitative estimate of drug-likeness (QED) is 0.900. The Hall–Kier alpha value is -2.00. The van der Waals surface area contributed by atoms with Crippen LogP contribution in [-0.2, 0) is 0 Å². The molecule has 1 unspecified atom stereocenters. The van der Waals surface area contributed by atoms with Gasteiger partial charge in [0, 0.05) is 11.6 Å². The van der Waals surface area contributed by atoms with Gasteiger partial charge in [0.15, 0.2) is 11.5 Å². The van der Waals surface area contributed by atoms with Crippen molar-refractivity contribution < 1.29 is 9.47 Å². The lowest BCUT2D eigenvalue weighted by Gasteiger charge is -2.18. The smallest absolute Gasteiger partial charge is 0.168 e. The summed E-state index contributed by atoms with van der Waals surface area (Å²) in [5.74, 6) is 1.52. The van der Waals surface area contributed by atoms with Gasteiger partial charge in [-0.15, -0.1) is 0 Å². The van der Waals surface area contributed by atoms with E-state index in [-0.39, 0.29) is 6.04 Å². The first-order valence-corrected chi connectivity index (χ1v) is 6.69. The number of methoxy groups -OCH3 is 2. The number of hydrogen-bond donors (Lipinski definition) is 1. The number of nitrogens with one attached hydrogen (secondary N) is 1. The first kappa shape index (κ1) is 14.4. The highest BCUT2D eigenvalue weighted by atomic mass is 16.5. The molecule has 0 bridgehead atoms. The standard InChI is InChI=1S/C17H21NO2/c1-12(18-2)14-10-15(13-8-6-5-7-9-13)17(20-4)16(11-14)19-3/h5-12,18H,1-4H3. The molecule has 1 N–H and O–H groups in total. The molecule has 0 aliphatic rings. The molecule has 2 aromatic carbocycles. The minimum atomic E-state index is 0.247. The third-order valence-electron chi connectivity index (χ3n) is 3.52. The fraction of sp³-hybridized carbons (Fsp3) is 0.294. The van der Waals surface area contributed by atoms with Gasteiger partial charge in [0.25, 0.3) is 0 Å². The molecule has 20 heavy (non-hydrogen) atoms. The van der Waals surface area contributed by atoms with Gasteiger partial charge in [0.05, 0.1) is 14.2 Å². The molecule has 0 saturated carbocycles. The van der Waals surface area contributed by atoms with Crippen LogP contribution in [0.4, 0.5) is 0 Å². The van der Waals surface area contributed by atoms with Gasteiger partial charge < -0.3 is 14.8 Å². The molecule has 0 saturated heterocycles. The zero-order chi connectivity index (χ0) is 14.5. The molecule has 0 amide bonds. The van der Waals surface area contributed by atoms with E-state index in [1.165, 1.54) is 5.56 Å². The molecule has 0 aliphatic carbocycles. The van der Waals surface area contributed by atoms with E-state index in [1.54, 1.807) is 14.2 Å². The summed E-state index contributed by atoms with van der Waals surface area (Å²) in [6, 6.07) is 14.6. The average molecular weight is 271 g/mol. The van der Waals surface area contributed by atoms with Crippen LogP contribution in [0.2, 0.25) is 0 Å². The van der Waals surface area contributed by atoms with E-state index in [9.17, 15) is 0 Å². The van der Waals surface area contributed by atoms with E-state index >= 15 is 0 Å². The van der Waals surface area contributed by atoms with Crippen LogP contribution in [-0.4, -0.2) is 21.3 Å². The average Bonchev–Trinajstić information content (AvgIpc) is 2.53. The Bertz CT molecular complexity index is 567. The summed E-state index contributed by atoms with van der Waals surface area (Å²) in [7, 11) is 5.29. The summed E-state index contributed by atoms with van der Waals surface area (Å²) in [5, 5.41) is 3.25. The Kier molecular flexibility index (Phi) is 4.64. The Morgan fingerprint density at radius 2 is 1.70 bits per heavy atom. The van der Waals surface area contributed by atoms with Crippen molar-refractivity contribution in [1.82, 2.24) is 5.32 Å². The topological polar surface area (TPSA) is 30.5 Å². The van der Waals surface area contributed by atoms with Crippen molar-refractivity contribution in [3.05, 3.63) is 48.0 Å². The second-order valence-electron chi connectivity index (χ2n) is 4.68. The lowest BCUT2D eigenvalue weighted by Crippen LogP contribution is -2.12. The predicted octanol–water partition coefficient (Wildman–Crippen LogP) is 3.65. The van der Waals surface area contributed by atoms with Crippen molar-refractivity contribution >= 4 is 0 Å². The minimum absolute atomic E-state index is 0.247. The molecule has 3 nitrogen and oxygen atoms in total. The van der Waals surface area contributed by atoms with Gasteiger partial charge in [-0.2, -0.15) is 0 Å². The fourth-order valence-corrected chi connectivity index (χ4v) is 2.23. The van der Waals surface area contributed by atoms with Gasteiger partial charge in [-0.3, -0.25) is 0 Å². The van der Waals surface area contributed by atoms with E-state index in [1.807, 2.05) is 31.3 Å². The third kappa shape index (κ3) is 2.78. The van der Waals surface area contributed by atoms with Gasteiger partial charge in [-0.05, 0) is 37.2 Å². The van der Waals surface area contributed by atoms with Crippen LogP contribution in [0, 0.1) is 0 Å². The Morgan fingerprint density at radius 1 is 1.00 bits per heavy atom. The van der Waals surface area contributed by atoms with Crippen molar-refractivity contribution in [3.8, 4) is 22.6 Å². The molecule has 2 aromatic rings. The first-order chi connectivity index (χ1) is 9.71. The predicted molar refractivity (Wildman–Crippen MR) is 82.5 cm³/mol. The van der Waals surface area contributed by atoms with Crippen LogP contribution >= 0.6 is 0 Å². The van der Waals surface area contributed by atoms with Gasteiger partial charge in [-0.25, -0.2) is 0 Å². The zero-order valence-corrected chi connectivity index (χ0v) is 12.4. The maximum atomic E-state index is 5.54. The SMILES string of the molecule is CNC(C)c1cc(OC)c(OC)c(-c2ccccc2)c1. The maximum absolute atomic E-state index is 5.54. The van der Waals surface area contributed by atoms with Crippen molar-refractivity contribution in [1.29, 1.82) is 0 Å². The van der Waals surface area contributed by atoms with Gasteiger partial charge in [0.1, 0.15) is 0 Å². The molecule has 1 atom stereocenters. The summed E-state index contributed by atoms with van der Waals surface area (Å²) in [6.07, 6.45) is 0. The first-order valence-electron chi connectivity index (χ1n) is 6.69. The summed E-state index contributed by atoms with van der Waals surface area (Å²) in [4.78, 5) is 0. The van der Waals surface area contributed by atoms with E-state index in [0.717, 1.165) is 22.6 Å². The number of hydrogen-bond acceptors (Lipinski definition) is 3. The van der Waals surface area contributed by atoms with Crippen molar-refractivity contribution in [2.75, 3.05) is 21.3 Å². The van der Waals surface area contributed by atoms with Crippen LogP contribution < -0.4 is 14.8 Å². The minimum Gasteiger partial charge on any atom is -0.493 e. The summed E-state index contributed by atoms with van der Waals surface area (Å²) in [5.41, 5.74) is 3.33. The second-order valence-corrected chi connectivity index (χ2v) is 4.68. The lowest BCUT2D eigenvalue weighted by atomic mass is 9.98. The molecular weight excluding hydrogens is 250 g/mol. The van der Waals surface area contributed by atoms with Crippen LogP contribution in [0.1, 0.15) is 18.5 Å². The van der Waals surface area contributed by atoms with Gasteiger partial charge >= 0.3 is 0 Å². The highest BCUT2D eigenvalue weighted by Gasteiger charge is 2.16. The highest BCUT2D eigenvalue weighted by molar-refractivity contribution is 5.75. The molecule has 3 heteroatoms. The van der Waals surface area contributed by atoms with Crippen LogP contribution in [0.3, 0.4) is 0 Å². The maximum Gasteiger partial charge on any atom is 0.168 e. The summed E-state index contributed by atoms with van der Waals surface area (Å²) >= 11 is 0. The van der Waals surface area contributed by atoms with E-state index in [0.29, 0.717) is 0 Å². The Labute approximate surface area is 120 Å². The molecule has 106 valence electrons. The van der Waals surface area contributed by atoms with Crippen LogP contribution in [0.5, 0.6) is 11.5 Å². The molecule has 0 heterocycles. The van der Waals surface area contributed by atoms with Gasteiger partial charge in [0.2, 0.25) is 0 Å².